The van der Waals surface area contributed by atoms with E-state index in [9.17, 15) is 4.79 Å². The van der Waals surface area contributed by atoms with Crippen molar-refractivity contribution >= 4 is 5.91 Å². The topological polar surface area (TPSA) is 60.5 Å². The Balaban J connectivity index is 1.32. The normalized spacial score (nSPS) is 34.7. The zero-order valence-electron chi connectivity index (χ0n) is 15.0. The molecule has 25 heavy (non-hydrogen) atoms. The van der Waals surface area contributed by atoms with Crippen LogP contribution in [0.15, 0.2) is 18.3 Å². The number of carbonyl (C=O) groups excluding carboxylic acids is 1. The summed E-state index contributed by atoms with van der Waals surface area (Å²) in [7, 11) is 0. The van der Waals surface area contributed by atoms with Crippen LogP contribution >= 0.6 is 0 Å². The van der Waals surface area contributed by atoms with Gasteiger partial charge in [0.1, 0.15) is 6.10 Å². The molecule has 2 atom stereocenters. The molecule has 1 aromatic rings. The Hall–Kier alpha value is -1.46. The number of rotatable bonds is 3. The predicted molar refractivity (Wildman–Crippen MR) is 94.1 cm³/mol. The van der Waals surface area contributed by atoms with E-state index in [4.69, 9.17) is 9.47 Å². The highest BCUT2D eigenvalue weighted by Crippen LogP contribution is 2.39. The average molecular weight is 344 g/mol. The summed E-state index contributed by atoms with van der Waals surface area (Å²) < 4.78 is 12.2. The molecule has 1 aromatic heterocycles. The fourth-order valence-electron chi connectivity index (χ4n) is 4.38. The summed E-state index contributed by atoms with van der Waals surface area (Å²) in [5.41, 5.74) is 2.16. The highest BCUT2D eigenvalue weighted by molar-refractivity contribution is 5.83. The van der Waals surface area contributed by atoms with Gasteiger partial charge in [0.2, 0.25) is 5.91 Å². The predicted octanol–water partition coefficient (Wildman–Crippen LogP) is 2.94. The van der Waals surface area contributed by atoms with Crippen LogP contribution in [0.4, 0.5) is 0 Å². The zero-order chi connectivity index (χ0) is 17.3. The summed E-state index contributed by atoms with van der Waals surface area (Å²) in [6, 6.07) is 4.04. The largest absolute Gasteiger partial charge is 0.353 e. The minimum Gasteiger partial charge on any atom is -0.353 e. The van der Waals surface area contributed by atoms with E-state index in [1.165, 1.54) is 5.56 Å². The second kappa shape index (κ2) is 7.04. The fourth-order valence-corrected chi connectivity index (χ4v) is 4.38. The van der Waals surface area contributed by atoms with E-state index in [0.29, 0.717) is 13.2 Å². The molecule has 0 unspecified atom stereocenters. The van der Waals surface area contributed by atoms with Gasteiger partial charge in [-0.15, -0.1) is 0 Å². The van der Waals surface area contributed by atoms with Crippen LogP contribution in [0.2, 0.25) is 0 Å². The number of ether oxygens (including phenoxy) is 2. The standard InChI is InChI=1S/C20H28N2O3/c1-14-7-9-20(10-8-14)24-13-16(25-20)12-22-19(23)17-6-2-4-15-5-3-11-21-18(15)17/h3,5,11,14,16-17H,2,4,6-10,12-13H2,1H3,(H,22,23)/t14?,16-,17+,20?/m0/s1. The number of hydrogen-bond acceptors (Lipinski definition) is 4. The van der Waals surface area contributed by atoms with Crippen molar-refractivity contribution in [1.82, 2.24) is 10.3 Å². The zero-order valence-corrected chi connectivity index (χ0v) is 15.0. The van der Waals surface area contributed by atoms with Gasteiger partial charge >= 0.3 is 0 Å². The van der Waals surface area contributed by atoms with Gasteiger partial charge in [-0.3, -0.25) is 9.78 Å². The molecule has 4 rings (SSSR count). The van der Waals surface area contributed by atoms with Gasteiger partial charge in [-0.05, 0) is 49.7 Å². The van der Waals surface area contributed by atoms with Gasteiger partial charge in [-0.2, -0.15) is 0 Å². The van der Waals surface area contributed by atoms with E-state index in [1.807, 2.05) is 6.07 Å². The van der Waals surface area contributed by atoms with Crippen molar-refractivity contribution in [2.75, 3.05) is 13.2 Å². The average Bonchev–Trinajstić information content (AvgIpc) is 3.05. The van der Waals surface area contributed by atoms with Crippen molar-refractivity contribution in [3.8, 4) is 0 Å². The number of nitrogens with zero attached hydrogens (tertiary/aromatic N) is 1. The molecule has 3 aliphatic rings. The summed E-state index contributed by atoms with van der Waals surface area (Å²) in [6.45, 7) is 3.39. The van der Waals surface area contributed by atoms with Crippen LogP contribution in [-0.4, -0.2) is 35.9 Å². The lowest BCUT2D eigenvalue weighted by atomic mass is 9.86. The molecule has 1 saturated carbocycles. The van der Waals surface area contributed by atoms with E-state index < -0.39 is 0 Å². The Morgan fingerprint density at radius 3 is 3.04 bits per heavy atom. The van der Waals surface area contributed by atoms with Gasteiger partial charge in [0.15, 0.2) is 5.79 Å². The summed E-state index contributed by atoms with van der Waals surface area (Å²) >= 11 is 0. The maximum atomic E-state index is 12.7. The number of fused-ring (bicyclic) bond motifs is 1. The van der Waals surface area contributed by atoms with Crippen molar-refractivity contribution < 1.29 is 14.3 Å². The molecule has 1 spiro atoms. The first-order valence-electron chi connectivity index (χ1n) is 9.68. The second-order valence-corrected chi connectivity index (χ2v) is 7.88. The van der Waals surface area contributed by atoms with E-state index in [2.05, 4.69) is 23.3 Å². The first kappa shape index (κ1) is 17.0. The lowest BCUT2D eigenvalue weighted by Crippen LogP contribution is -2.40. The van der Waals surface area contributed by atoms with Crippen LogP contribution in [0.1, 0.15) is 62.6 Å². The van der Waals surface area contributed by atoms with Crippen LogP contribution in [0.3, 0.4) is 0 Å². The number of nitrogens with one attached hydrogen (secondary N) is 1. The highest BCUT2D eigenvalue weighted by Gasteiger charge is 2.43. The Morgan fingerprint density at radius 1 is 1.36 bits per heavy atom. The van der Waals surface area contributed by atoms with E-state index >= 15 is 0 Å². The molecular weight excluding hydrogens is 316 g/mol. The smallest absolute Gasteiger partial charge is 0.229 e. The third kappa shape index (κ3) is 3.58. The van der Waals surface area contributed by atoms with Crippen molar-refractivity contribution in [2.24, 2.45) is 5.92 Å². The van der Waals surface area contributed by atoms with Gasteiger partial charge in [0.25, 0.3) is 0 Å². The number of pyridine rings is 1. The van der Waals surface area contributed by atoms with Crippen LogP contribution in [-0.2, 0) is 20.7 Å². The molecule has 5 heteroatoms. The van der Waals surface area contributed by atoms with Crippen LogP contribution in [0.5, 0.6) is 0 Å². The summed E-state index contributed by atoms with van der Waals surface area (Å²) in [5.74, 6) is 0.314. The van der Waals surface area contributed by atoms with Gasteiger partial charge in [-0.25, -0.2) is 0 Å². The van der Waals surface area contributed by atoms with Crippen molar-refractivity contribution in [1.29, 1.82) is 0 Å². The lowest BCUT2D eigenvalue weighted by Gasteiger charge is -2.34. The Kier molecular flexibility index (Phi) is 4.78. The first-order chi connectivity index (χ1) is 12.2. The van der Waals surface area contributed by atoms with E-state index in [0.717, 1.165) is 56.6 Å². The maximum Gasteiger partial charge on any atom is 0.229 e. The van der Waals surface area contributed by atoms with Crippen LogP contribution in [0, 0.1) is 5.92 Å². The molecular formula is C20H28N2O3. The number of amides is 1. The van der Waals surface area contributed by atoms with E-state index in [-0.39, 0.29) is 23.7 Å². The molecule has 0 radical (unpaired) electrons. The number of aromatic nitrogens is 1. The highest BCUT2D eigenvalue weighted by atomic mass is 16.7. The molecule has 1 saturated heterocycles. The van der Waals surface area contributed by atoms with Crippen molar-refractivity contribution in [2.45, 2.75) is 69.7 Å². The molecule has 5 nitrogen and oxygen atoms in total. The Morgan fingerprint density at radius 2 is 2.20 bits per heavy atom. The molecule has 2 heterocycles. The fraction of sp³-hybridized carbons (Fsp3) is 0.700. The number of carbonyl (C=O) groups is 1. The molecule has 1 N–H and O–H groups in total. The molecule has 136 valence electrons. The van der Waals surface area contributed by atoms with Crippen molar-refractivity contribution in [3.05, 3.63) is 29.6 Å². The third-order valence-corrected chi connectivity index (χ3v) is 5.97. The van der Waals surface area contributed by atoms with Crippen LogP contribution in [0.25, 0.3) is 0 Å². The second-order valence-electron chi connectivity index (χ2n) is 7.88. The van der Waals surface area contributed by atoms with E-state index in [1.54, 1.807) is 6.20 Å². The minimum atomic E-state index is -0.388. The molecule has 1 amide bonds. The quantitative estimate of drug-likeness (QED) is 0.916. The summed E-state index contributed by atoms with van der Waals surface area (Å²) in [5, 5.41) is 3.08. The summed E-state index contributed by atoms with van der Waals surface area (Å²) in [6.07, 6.45) is 8.94. The SMILES string of the molecule is CC1CCC2(CC1)OC[C@H](CNC(=O)[C@@H]1CCCc3cccnc31)O2. The first-order valence-corrected chi connectivity index (χ1v) is 9.68. The summed E-state index contributed by atoms with van der Waals surface area (Å²) in [4.78, 5) is 17.1. The number of aryl methyl sites for hydroxylation is 1. The molecule has 1 aliphatic heterocycles. The van der Waals surface area contributed by atoms with Gasteiger partial charge < -0.3 is 14.8 Å². The third-order valence-electron chi connectivity index (χ3n) is 5.97. The minimum absolute atomic E-state index is 0.0378. The van der Waals surface area contributed by atoms with Gasteiger partial charge in [0, 0.05) is 25.6 Å². The van der Waals surface area contributed by atoms with Crippen molar-refractivity contribution in [3.63, 3.8) is 0 Å². The van der Waals surface area contributed by atoms with Gasteiger partial charge in [-0.1, -0.05) is 13.0 Å². The van der Waals surface area contributed by atoms with Gasteiger partial charge in [0.05, 0.1) is 18.2 Å². The molecule has 0 bridgehead atoms. The Bertz CT molecular complexity index is 625. The molecule has 2 fully saturated rings. The molecule has 0 aromatic carbocycles. The number of hydrogen-bond donors (Lipinski definition) is 1. The molecule has 2 aliphatic carbocycles. The Labute approximate surface area is 149 Å². The monoisotopic (exact) mass is 344 g/mol. The maximum absolute atomic E-state index is 12.7. The van der Waals surface area contributed by atoms with Crippen LogP contribution < -0.4 is 5.32 Å². The lowest BCUT2D eigenvalue weighted by molar-refractivity contribution is -0.191.